The molecule has 0 spiro atoms. The highest BCUT2D eigenvalue weighted by Crippen LogP contribution is 2.34. The van der Waals surface area contributed by atoms with Gasteiger partial charge in [0, 0.05) is 18.7 Å². The predicted molar refractivity (Wildman–Crippen MR) is 113 cm³/mol. The van der Waals surface area contributed by atoms with Crippen LogP contribution in [-0.4, -0.2) is 54.7 Å². The lowest BCUT2D eigenvalue weighted by Gasteiger charge is -2.17. The molecule has 154 valence electrons. The zero-order valence-electron chi connectivity index (χ0n) is 16.5. The number of nitrogens with two attached hydrogens (primary N) is 1. The SMILES string of the molecule is CCN(CC)C(=O)CSc1nnc(SC(C)c2nc(-c3ccccc3)no2)n1N. The van der Waals surface area contributed by atoms with Crippen LogP contribution in [0, 0.1) is 0 Å². The monoisotopic (exact) mass is 433 g/mol. The number of hydrogen-bond acceptors (Lipinski definition) is 9. The zero-order chi connectivity index (χ0) is 20.8. The maximum Gasteiger partial charge on any atom is 0.240 e. The van der Waals surface area contributed by atoms with E-state index < -0.39 is 0 Å². The summed E-state index contributed by atoms with van der Waals surface area (Å²) in [7, 11) is 0. The Balaban J connectivity index is 1.62. The number of thioether (sulfide) groups is 2. The first-order valence-electron chi connectivity index (χ1n) is 9.20. The van der Waals surface area contributed by atoms with Gasteiger partial charge in [0.15, 0.2) is 0 Å². The number of amides is 1. The summed E-state index contributed by atoms with van der Waals surface area (Å²) in [5.41, 5.74) is 0.887. The molecule has 29 heavy (non-hydrogen) atoms. The molecule has 2 heterocycles. The lowest BCUT2D eigenvalue weighted by molar-refractivity contribution is -0.127. The van der Waals surface area contributed by atoms with E-state index in [-0.39, 0.29) is 16.9 Å². The number of hydrogen-bond donors (Lipinski definition) is 1. The largest absolute Gasteiger partial charge is 0.343 e. The van der Waals surface area contributed by atoms with E-state index in [1.165, 1.54) is 28.2 Å². The molecule has 3 aromatic rings. The van der Waals surface area contributed by atoms with Crippen LogP contribution in [0.5, 0.6) is 0 Å². The minimum atomic E-state index is -0.165. The van der Waals surface area contributed by atoms with E-state index in [1.54, 1.807) is 4.90 Å². The standard InChI is InChI=1S/C18H23N7O2S2/c1-4-24(5-2)14(26)11-28-17-21-22-18(25(17)19)29-12(3)16-20-15(23-27-16)13-9-7-6-8-10-13/h6-10,12H,4-5,11,19H2,1-3H3. The Bertz CT molecular complexity index is 941. The molecule has 0 saturated carbocycles. The van der Waals surface area contributed by atoms with Crippen molar-refractivity contribution in [2.24, 2.45) is 0 Å². The van der Waals surface area contributed by atoms with E-state index in [0.29, 0.717) is 35.1 Å². The van der Waals surface area contributed by atoms with Gasteiger partial charge in [-0.2, -0.15) is 4.98 Å². The number of nitrogens with zero attached hydrogens (tertiary/aromatic N) is 6. The first kappa shape index (κ1) is 21.2. The quantitative estimate of drug-likeness (QED) is 0.401. The lowest BCUT2D eigenvalue weighted by Crippen LogP contribution is -2.32. The van der Waals surface area contributed by atoms with Crippen molar-refractivity contribution in [3.8, 4) is 11.4 Å². The fraction of sp³-hybridized carbons (Fsp3) is 0.389. The molecule has 0 saturated heterocycles. The van der Waals surface area contributed by atoms with Gasteiger partial charge in [-0.25, -0.2) is 4.68 Å². The van der Waals surface area contributed by atoms with Crippen LogP contribution in [0.1, 0.15) is 31.9 Å². The molecule has 0 aliphatic rings. The molecule has 1 atom stereocenters. The molecule has 0 aliphatic carbocycles. The van der Waals surface area contributed by atoms with E-state index in [4.69, 9.17) is 10.4 Å². The van der Waals surface area contributed by atoms with Crippen LogP contribution in [0.25, 0.3) is 11.4 Å². The fourth-order valence-corrected chi connectivity index (χ4v) is 4.17. The van der Waals surface area contributed by atoms with Gasteiger partial charge in [-0.1, -0.05) is 59.0 Å². The minimum absolute atomic E-state index is 0.0462. The molecule has 9 nitrogen and oxygen atoms in total. The number of carbonyl (C=O) groups is 1. The maximum absolute atomic E-state index is 12.2. The maximum atomic E-state index is 12.2. The molecule has 2 N–H and O–H groups in total. The molecule has 11 heteroatoms. The molecule has 3 rings (SSSR count). The van der Waals surface area contributed by atoms with Gasteiger partial charge in [-0.15, -0.1) is 10.2 Å². The Labute approximate surface area is 177 Å². The molecule has 1 unspecified atom stereocenters. The molecule has 1 aromatic carbocycles. The van der Waals surface area contributed by atoms with E-state index in [1.807, 2.05) is 51.1 Å². The van der Waals surface area contributed by atoms with Gasteiger partial charge in [0.1, 0.15) is 0 Å². The van der Waals surface area contributed by atoms with E-state index in [9.17, 15) is 4.79 Å². The highest BCUT2D eigenvalue weighted by atomic mass is 32.2. The smallest absolute Gasteiger partial charge is 0.240 e. The van der Waals surface area contributed by atoms with Crippen LogP contribution in [0.4, 0.5) is 0 Å². The van der Waals surface area contributed by atoms with Gasteiger partial charge in [0.2, 0.25) is 27.9 Å². The zero-order valence-corrected chi connectivity index (χ0v) is 18.1. The van der Waals surface area contributed by atoms with Gasteiger partial charge >= 0.3 is 0 Å². The average molecular weight is 434 g/mol. The molecule has 0 bridgehead atoms. The first-order chi connectivity index (χ1) is 14.0. The second-order valence-electron chi connectivity index (χ2n) is 6.07. The Morgan fingerprint density at radius 2 is 1.90 bits per heavy atom. The molecular formula is C18H23N7O2S2. The van der Waals surface area contributed by atoms with Crippen molar-refractivity contribution in [3.05, 3.63) is 36.2 Å². The molecular weight excluding hydrogens is 410 g/mol. The third-order valence-corrected chi connectivity index (χ3v) is 6.15. The second-order valence-corrected chi connectivity index (χ2v) is 8.32. The van der Waals surface area contributed by atoms with Gasteiger partial charge in [0.05, 0.1) is 11.0 Å². The fourth-order valence-electron chi connectivity index (χ4n) is 2.55. The normalized spacial score (nSPS) is 12.1. The number of aromatic nitrogens is 5. The summed E-state index contributed by atoms with van der Waals surface area (Å²) in [6.07, 6.45) is 0. The van der Waals surface area contributed by atoms with Crippen molar-refractivity contribution in [1.82, 2.24) is 29.9 Å². The van der Waals surface area contributed by atoms with Crippen molar-refractivity contribution >= 4 is 29.4 Å². The van der Waals surface area contributed by atoms with E-state index in [2.05, 4.69) is 20.3 Å². The summed E-state index contributed by atoms with van der Waals surface area (Å²) in [5.74, 6) is 7.43. The second kappa shape index (κ2) is 9.79. The van der Waals surface area contributed by atoms with Crippen LogP contribution in [-0.2, 0) is 4.79 Å². The third kappa shape index (κ3) is 5.10. The van der Waals surface area contributed by atoms with E-state index >= 15 is 0 Å². The summed E-state index contributed by atoms with van der Waals surface area (Å²) in [6.45, 7) is 7.19. The first-order valence-corrected chi connectivity index (χ1v) is 11.1. The van der Waals surface area contributed by atoms with Gasteiger partial charge in [0.25, 0.3) is 0 Å². The molecule has 0 fully saturated rings. The Kier molecular flexibility index (Phi) is 7.15. The van der Waals surface area contributed by atoms with Crippen molar-refractivity contribution < 1.29 is 9.32 Å². The van der Waals surface area contributed by atoms with Gasteiger partial charge in [-0.3, -0.25) is 4.79 Å². The van der Waals surface area contributed by atoms with Crippen molar-refractivity contribution in [2.75, 3.05) is 24.7 Å². The predicted octanol–water partition coefficient (Wildman–Crippen LogP) is 2.86. The summed E-state index contributed by atoms with van der Waals surface area (Å²) in [5, 5.41) is 13.1. The molecule has 0 radical (unpaired) electrons. The third-order valence-electron chi connectivity index (χ3n) is 4.18. The van der Waals surface area contributed by atoms with Crippen molar-refractivity contribution in [3.63, 3.8) is 0 Å². The Hall–Kier alpha value is -2.53. The van der Waals surface area contributed by atoms with Crippen LogP contribution in [0.15, 0.2) is 45.2 Å². The Morgan fingerprint density at radius 1 is 1.21 bits per heavy atom. The minimum Gasteiger partial charge on any atom is -0.343 e. The summed E-state index contributed by atoms with van der Waals surface area (Å²) < 4.78 is 6.78. The van der Waals surface area contributed by atoms with Crippen LogP contribution in [0.3, 0.4) is 0 Å². The van der Waals surface area contributed by atoms with Gasteiger partial charge in [-0.05, 0) is 20.8 Å². The molecule has 2 aromatic heterocycles. The highest BCUT2D eigenvalue weighted by molar-refractivity contribution is 8.00. The number of nitrogen functional groups attached to an aromatic ring is 1. The van der Waals surface area contributed by atoms with Gasteiger partial charge < -0.3 is 15.3 Å². The van der Waals surface area contributed by atoms with Crippen LogP contribution in [0.2, 0.25) is 0 Å². The summed E-state index contributed by atoms with van der Waals surface area (Å²) in [6, 6.07) is 9.62. The highest BCUT2D eigenvalue weighted by Gasteiger charge is 2.21. The number of carbonyl (C=O) groups excluding carboxylic acids is 1. The van der Waals surface area contributed by atoms with Crippen molar-refractivity contribution in [1.29, 1.82) is 0 Å². The topological polar surface area (TPSA) is 116 Å². The summed E-state index contributed by atoms with van der Waals surface area (Å²) >= 11 is 2.63. The molecule has 1 amide bonds. The molecule has 0 aliphatic heterocycles. The summed E-state index contributed by atoms with van der Waals surface area (Å²) in [4.78, 5) is 18.4. The number of rotatable bonds is 9. The average Bonchev–Trinajstić information content (AvgIpc) is 3.36. The van der Waals surface area contributed by atoms with E-state index in [0.717, 1.165) is 5.56 Å². The Morgan fingerprint density at radius 3 is 2.59 bits per heavy atom. The van der Waals surface area contributed by atoms with Crippen LogP contribution >= 0.6 is 23.5 Å². The lowest BCUT2D eigenvalue weighted by atomic mass is 10.2. The number of benzene rings is 1. The van der Waals surface area contributed by atoms with Crippen LogP contribution < -0.4 is 5.84 Å². The van der Waals surface area contributed by atoms with Crippen molar-refractivity contribution in [2.45, 2.75) is 36.3 Å².